The molecular formula is C19H24N4. The molecule has 2 aromatic heterocycles. The quantitative estimate of drug-likeness (QED) is 0.690. The first-order chi connectivity index (χ1) is 11.2. The molecule has 0 amide bonds. The first-order valence-electron chi connectivity index (χ1n) is 8.31. The van der Waals surface area contributed by atoms with Crippen molar-refractivity contribution >= 4 is 16.9 Å². The van der Waals surface area contributed by atoms with Crippen molar-refractivity contribution in [1.29, 1.82) is 0 Å². The van der Waals surface area contributed by atoms with Crippen LogP contribution in [-0.2, 0) is 6.54 Å². The molecule has 4 heteroatoms. The number of anilines is 1. The zero-order valence-corrected chi connectivity index (χ0v) is 14.1. The number of aryl methyl sites for hydroxylation is 2. The molecule has 3 rings (SSSR count). The van der Waals surface area contributed by atoms with Crippen molar-refractivity contribution in [2.24, 2.45) is 0 Å². The van der Waals surface area contributed by atoms with Crippen LogP contribution < -0.4 is 5.32 Å². The van der Waals surface area contributed by atoms with Crippen molar-refractivity contribution in [3.63, 3.8) is 0 Å². The maximum atomic E-state index is 4.65. The summed E-state index contributed by atoms with van der Waals surface area (Å²) in [5.41, 5.74) is 4.62. The minimum Gasteiger partial charge on any atom is -0.368 e. The van der Waals surface area contributed by atoms with Crippen LogP contribution in [-0.4, -0.2) is 21.1 Å². The summed E-state index contributed by atoms with van der Waals surface area (Å²) in [6.07, 6.45) is 2.31. The molecule has 0 saturated carbocycles. The van der Waals surface area contributed by atoms with Crippen LogP contribution in [0, 0.1) is 13.8 Å². The SMILES string of the molecule is CCCCNc1nc(C)nc2cc(C)n(Cc3ccccc3)c12. The topological polar surface area (TPSA) is 42.7 Å². The maximum Gasteiger partial charge on any atom is 0.154 e. The first kappa shape index (κ1) is 15.5. The van der Waals surface area contributed by atoms with E-state index in [0.717, 1.165) is 42.2 Å². The predicted molar refractivity (Wildman–Crippen MR) is 95.9 cm³/mol. The Labute approximate surface area is 137 Å². The van der Waals surface area contributed by atoms with E-state index in [1.807, 2.05) is 13.0 Å². The molecule has 3 aromatic rings. The van der Waals surface area contributed by atoms with Crippen molar-refractivity contribution in [1.82, 2.24) is 14.5 Å². The van der Waals surface area contributed by atoms with Crippen molar-refractivity contribution in [3.8, 4) is 0 Å². The van der Waals surface area contributed by atoms with Gasteiger partial charge < -0.3 is 9.88 Å². The Bertz CT molecular complexity index is 790. The minimum atomic E-state index is 0.813. The maximum absolute atomic E-state index is 4.65. The van der Waals surface area contributed by atoms with Gasteiger partial charge >= 0.3 is 0 Å². The number of benzene rings is 1. The van der Waals surface area contributed by atoms with Gasteiger partial charge in [-0.15, -0.1) is 0 Å². The van der Waals surface area contributed by atoms with Crippen LogP contribution in [0.2, 0.25) is 0 Å². The molecule has 0 aliphatic heterocycles. The van der Waals surface area contributed by atoms with E-state index in [0.29, 0.717) is 0 Å². The van der Waals surface area contributed by atoms with Gasteiger partial charge in [0.15, 0.2) is 5.82 Å². The molecule has 0 bridgehead atoms. The zero-order chi connectivity index (χ0) is 16.2. The monoisotopic (exact) mass is 308 g/mol. The molecule has 1 N–H and O–H groups in total. The third-order valence-electron chi connectivity index (χ3n) is 4.07. The molecule has 0 aliphatic rings. The van der Waals surface area contributed by atoms with E-state index >= 15 is 0 Å². The van der Waals surface area contributed by atoms with Crippen molar-refractivity contribution < 1.29 is 0 Å². The molecule has 2 heterocycles. The second-order valence-electron chi connectivity index (χ2n) is 5.99. The van der Waals surface area contributed by atoms with Gasteiger partial charge in [-0.2, -0.15) is 0 Å². The first-order valence-corrected chi connectivity index (χ1v) is 8.31. The van der Waals surface area contributed by atoms with Crippen molar-refractivity contribution in [2.75, 3.05) is 11.9 Å². The summed E-state index contributed by atoms with van der Waals surface area (Å²) in [5, 5.41) is 3.50. The third kappa shape index (κ3) is 3.36. The largest absolute Gasteiger partial charge is 0.368 e. The second kappa shape index (κ2) is 6.82. The van der Waals surface area contributed by atoms with E-state index in [9.17, 15) is 0 Å². The Morgan fingerprint density at radius 3 is 2.61 bits per heavy atom. The molecule has 0 spiro atoms. The number of hydrogen-bond donors (Lipinski definition) is 1. The number of aromatic nitrogens is 3. The van der Waals surface area contributed by atoms with Crippen LogP contribution in [0.3, 0.4) is 0 Å². The van der Waals surface area contributed by atoms with E-state index in [1.165, 1.54) is 17.7 Å². The summed E-state index contributed by atoms with van der Waals surface area (Å²) in [7, 11) is 0. The van der Waals surface area contributed by atoms with E-state index in [1.54, 1.807) is 0 Å². The Morgan fingerprint density at radius 1 is 1.09 bits per heavy atom. The van der Waals surface area contributed by atoms with Gasteiger partial charge in [-0.1, -0.05) is 43.7 Å². The molecule has 0 fully saturated rings. The van der Waals surface area contributed by atoms with Gasteiger partial charge in [-0.3, -0.25) is 0 Å². The average Bonchev–Trinajstić information content (AvgIpc) is 2.84. The molecule has 23 heavy (non-hydrogen) atoms. The number of hydrogen-bond acceptors (Lipinski definition) is 3. The smallest absolute Gasteiger partial charge is 0.154 e. The van der Waals surface area contributed by atoms with Crippen LogP contribution >= 0.6 is 0 Å². The molecule has 0 aliphatic carbocycles. The standard InChI is InChI=1S/C19H24N4/c1-4-5-11-20-19-18-17(21-15(3)22-19)12-14(2)23(18)13-16-9-7-6-8-10-16/h6-10,12H,4-5,11,13H2,1-3H3,(H,20,21,22). The predicted octanol–water partition coefficient (Wildman–Crippen LogP) is 4.31. The van der Waals surface area contributed by atoms with Gasteiger partial charge in [0.2, 0.25) is 0 Å². The van der Waals surface area contributed by atoms with Crippen LogP contribution in [0.1, 0.15) is 36.8 Å². The van der Waals surface area contributed by atoms with Crippen LogP contribution in [0.15, 0.2) is 36.4 Å². The van der Waals surface area contributed by atoms with E-state index in [2.05, 4.69) is 64.0 Å². The molecule has 4 nitrogen and oxygen atoms in total. The fourth-order valence-corrected chi connectivity index (χ4v) is 2.88. The van der Waals surface area contributed by atoms with Gasteiger partial charge in [-0.05, 0) is 31.9 Å². The highest BCUT2D eigenvalue weighted by atomic mass is 15.1. The lowest BCUT2D eigenvalue weighted by molar-refractivity contribution is 0.797. The van der Waals surface area contributed by atoms with E-state index in [4.69, 9.17) is 0 Å². The number of nitrogens with zero attached hydrogens (tertiary/aromatic N) is 3. The van der Waals surface area contributed by atoms with Crippen molar-refractivity contribution in [2.45, 2.75) is 40.2 Å². The van der Waals surface area contributed by atoms with Gasteiger partial charge in [0.25, 0.3) is 0 Å². The van der Waals surface area contributed by atoms with E-state index < -0.39 is 0 Å². The lowest BCUT2D eigenvalue weighted by Gasteiger charge is -2.13. The highest BCUT2D eigenvalue weighted by molar-refractivity contribution is 5.87. The summed E-state index contributed by atoms with van der Waals surface area (Å²) in [6.45, 7) is 8.07. The molecule has 120 valence electrons. The Balaban J connectivity index is 2.04. The normalized spacial score (nSPS) is 11.1. The third-order valence-corrected chi connectivity index (χ3v) is 4.07. The molecule has 0 atom stereocenters. The average molecular weight is 308 g/mol. The highest BCUT2D eigenvalue weighted by Crippen LogP contribution is 2.25. The highest BCUT2D eigenvalue weighted by Gasteiger charge is 2.13. The number of rotatable bonds is 6. The summed E-state index contributed by atoms with van der Waals surface area (Å²) in [4.78, 5) is 9.26. The zero-order valence-electron chi connectivity index (χ0n) is 14.1. The lowest BCUT2D eigenvalue weighted by Crippen LogP contribution is -2.09. The summed E-state index contributed by atoms with van der Waals surface area (Å²) >= 11 is 0. The Hall–Kier alpha value is -2.36. The second-order valence-corrected chi connectivity index (χ2v) is 5.99. The summed E-state index contributed by atoms with van der Waals surface area (Å²) in [5.74, 6) is 1.76. The Morgan fingerprint density at radius 2 is 1.87 bits per heavy atom. The molecule has 0 radical (unpaired) electrons. The number of fused-ring (bicyclic) bond motifs is 1. The van der Waals surface area contributed by atoms with E-state index in [-0.39, 0.29) is 0 Å². The number of unbranched alkanes of at least 4 members (excludes halogenated alkanes) is 1. The molecular weight excluding hydrogens is 284 g/mol. The Kier molecular flexibility index (Phi) is 4.60. The summed E-state index contributed by atoms with van der Waals surface area (Å²) < 4.78 is 2.30. The minimum absolute atomic E-state index is 0.813. The fourth-order valence-electron chi connectivity index (χ4n) is 2.88. The van der Waals surface area contributed by atoms with Crippen LogP contribution in [0.5, 0.6) is 0 Å². The van der Waals surface area contributed by atoms with Gasteiger partial charge in [0.05, 0.1) is 5.52 Å². The van der Waals surface area contributed by atoms with Crippen LogP contribution in [0.25, 0.3) is 11.0 Å². The summed E-state index contributed by atoms with van der Waals surface area (Å²) in [6, 6.07) is 12.7. The van der Waals surface area contributed by atoms with Gasteiger partial charge in [0, 0.05) is 18.8 Å². The molecule has 0 saturated heterocycles. The van der Waals surface area contributed by atoms with Crippen LogP contribution in [0.4, 0.5) is 5.82 Å². The fraction of sp³-hybridized carbons (Fsp3) is 0.368. The van der Waals surface area contributed by atoms with Gasteiger partial charge in [0.1, 0.15) is 11.3 Å². The van der Waals surface area contributed by atoms with Crippen molar-refractivity contribution in [3.05, 3.63) is 53.5 Å². The molecule has 0 unspecified atom stereocenters. The lowest BCUT2D eigenvalue weighted by atomic mass is 10.2. The van der Waals surface area contributed by atoms with Gasteiger partial charge in [-0.25, -0.2) is 9.97 Å². The number of nitrogens with one attached hydrogen (secondary N) is 1. The molecule has 1 aromatic carbocycles.